The van der Waals surface area contributed by atoms with E-state index in [1.165, 1.54) is 0 Å². The number of methoxy groups -OCH3 is 1. The van der Waals surface area contributed by atoms with Crippen LogP contribution in [0, 0.1) is 13.8 Å². The van der Waals surface area contributed by atoms with Gasteiger partial charge in [-0.2, -0.15) is 5.10 Å². The van der Waals surface area contributed by atoms with Crippen LogP contribution in [0.25, 0.3) is 5.69 Å². The lowest BCUT2D eigenvalue weighted by Gasteiger charge is -2.19. The minimum Gasteiger partial charge on any atom is -0.494 e. The molecule has 0 atom stereocenters. The van der Waals surface area contributed by atoms with Crippen molar-refractivity contribution in [2.45, 2.75) is 33.1 Å². The molecule has 1 fully saturated rings. The number of benzene rings is 2. The number of anilines is 2. The molecule has 0 spiro atoms. The average molecular weight is 487 g/mol. The number of hydrogen-bond donors (Lipinski definition) is 1. The fourth-order valence-electron chi connectivity index (χ4n) is 4.07. The van der Waals surface area contributed by atoms with Crippen LogP contribution in [0.15, 0.2) is 36.4 Å². The molecule has 0 saturated carbocycles. The van der Waals surface area contributed by atoms with E-state index in [4.69, 9.17) is 27.9 Å². The van der Waals surface area contributed by atoms with Gasteiger partial charge < -0.3 is 15.0 Å². The number of hydrogen-bond acceptors (Lipinski definition) is 4. The highest BCUT2D eigenvalue weighted by molar-refractivity contribution is 6.35. The van der Waals surface area contributed by atoms with Crippen LogP contribution in [0.1, 0.15) is 29.8 Å². The van der Waals surface area contributed by atoms with Crippen LogP contribution in [0.5, 0.6) is 5.75 Å². The molecule has 1 aliphatic rings. The van der Waals surface area contributed by atoms with E-state index < -0.39 is 0 Å². The summed E-state index contributed by atoms with van der Waals surface area (Å²) < 4.78 is 7.20. The lowest BCUT2D eigenvalue weighted by Crippen LogP contribution is -2.24. The van der Waals surface area contributed by atoms with E-state index in [1.54, 1.807) is 53.1 Å². The zero-order valence-electron chi connectivity index (χ0n) is 18.6. The molecule has 0 aliphatic carbocycles. The Morgan fingerprint density at radius 3 is 2.58 bits per heavy atom. The predicted octanol–water partition coefficient (Wildman–Crippen LogP) is 5.11. The van der Waals surface area contributed by atoms with Gasteiger partial charge in [-0.15, -0.1) is 0 Å². The van der Waals surface area contributed by atoms with Crippen molar-refractivity contribution in [3.63, 3.8) is 0 Å². The maximum atomic E-state index is 12.8. The summed E-state index contributed by atoms with van der Waals surface area (Å²) in [6, 6.07) is 10.5. The van der Waals surface area contributed by atoms with Gasteiger partial charge in [-0.1, -0.05) is 23.2 Å². The van der Waals surface area contributed by atoms with E-state index >= 15 is 0 Å². The first-order valence-corrected chi connectivity index (χ1v) is 11.3. The van der Waals surface area contributed by atoms with Crippen molar-refractivity contribution in [2.24, 2.45) is 0 Å². The number of aryl methyl sites for hydroxylation is 1. The summed E-state index contributed by atoms with van der Waals surface area (Å²) >= 11 is 12.4. The van der Waals surface area contributed by atoms with Crippen LogP contribution in [-0.2, 0) is 16.0 Å². The second kappa shape index (κ2) is 9.45. The van der Waals surface area contributed by atoms with Crippen LogP contribution in [0.3, 0.4) is 0 Å². The van der Waals surface area contributed by atoms with Gasteiger partial charge in [0, 0.05) is 41.0 Å². The topological polar surface area (TPSA) is 76.5 Å². The summed E-state index contributed by atoms with van der Waals surface area (Å²) in [6.45, 7) is 4.43. The minimum atomic E-state index is -0.185. The van der Waals surface area contributed by atoms with Crippen LogP contribution >= 0.6 is 23.2 Å². The Labute approximate surface area is 202 Å². The first-order chi connectivity index (χ1) is 15.8. The third kappa shape index (κ3) is 4.70. The Bertz CT molecular complexity index is 1240. The van der Waals surface area contributed by atoms with Crippen LogP contribution in [-0.4, -0.2) is 35.2 Å². The summed E-state index contributed by atoms with van der Waals surface area (Å²) in [5.41, 5.74) is 4.40. The Hall–Kier alpha value is -3.03. The summed E-state index contributed by atoms with van der Waals surface area (Å²) in [6.07, 6.45) is 1.51. The van der Waals surface area contributed by atoms with Crippen molar-refractivity contribution in [3.8, 4) is 11.4 Å². The number of rotatable bonds is 6. The highest BCUT2D eigenvalue weighted by atomic mass is 35.5. The van der Waals surface area contributed by atoms with Crippen LogP contribution in [0.2, 0.25) is 10.0 Å². The van der Waals surface area contributed by atoms with E-state index in [2.05, 4.69) is 10.4 Å². The first kappa shape index (κ1) is 23.1. The van der Waals surface area contributed by atoms with Crippen molar-refractivity contribution >= 4 is 46.4 Å². The van der Waals surface area contributed by atoms with Crippen molar-refractivity contribution in [1.82, 2.24) is 9.78 Å². The summed E-state index contributed by atoms with van der Waals surface area (Å²) in [4.78, 5) is 26.6. The fourth-order valence-corrected chi connectivity index (χ4v) is 4.55. The molecule has 9 heteroatoms. The molecule has 3 aromatic rings. The van der Waals surface area contributed by atoms with E-state index in [1.807, 2.05) is 13.8 Å². The van der Waals surface area contributed by atoms with Gasteiger partial charge in [0.2, 0.25) is 11.8 Å². The van der Waals surface area contributed by atoms with Gasteiger partial charge in [0.05, 0.1) is 35.6 Å². The van der Waals surface area contributed by atoms with Crippen LogP contribution in [0.4, 0.5) is 11.4 Å². The third-order valence-electron chi connectivity index (χ3n) is 5.74. The molecule has 7 nitrogen and oxygen atoms in total. The lowest BCUT2D eigenvalue weighted by atomic mass is 10.1. The fraction of sp³-hybridized carbons (Fsp3) is 0.292. The molecule has 4 rings (SSSR count). The number of carbonyl (C=O) groups is 2. The number of halogens is 2. The molecule has 0 unspecified atom stereocenters. The molecule has 1 saturated heterocycles. The predicted molar refractivity (Wildman–Crippen MR) is 130 cm³/mol. The number of nitrogens with zero attached hydrogens (tertiary/aromatic N) is 3. The molecule has 1 aromatic heterocycles. The Morgan fingerprint density at radius 1 is 1.15 bits per heavy atom. The lowest BCUT2D eigenvalue weighted by molar-refractivity contribution is -0.117. The molecule has 2 aromatic carbocycles. The molecule has 172 valence electrons. The van der Waals surface area contributed by atoms with E-state index in [0.717, 1.165) is 23.4 Å². The van der Waals surface area contributed by atoms with Crippen molar-refractivity contribution < 1.29 is 14.3 Å². The highest BCUT2D eigenvalue weighted by Gasteiger charge is 2.25. The van der Waals surface area contributed by atoms with Crippen LogP contribution < -0.4 is 15.0 Å². The maximum Gasteiger partial charge on any atom is 0.228 e. The molecule has 2 heterocycles. The summed E-state index contributed by atoms with van der Waals surface area (Å²) in [5, 5.41) is 8.51. The van der Waals surface area contributed by atoms with Gasteiger partial charge in [0.25, 0.3) is 0 Å². The van der Waals surface area contributed by atoms with Gasteiger partial charge in [0.1, 0.15) is 5.75 Å². The molecule has 0 radical (unpaired) electrons. The van der Waals surface area contributed by atoms with E-state index in [0.29, 0.717) is 45.8 Å². The smallest absolute Gasteiger partial charge is 0.228 e. The number of aromatic nitrogens is 2. The van der Waals surface area contributed by atoms with Crippen molar-refractivity contribution in [2.75, 3.05) is 23.9 Å². The number of nitrogens with one attached hydrogen (secondary N) is 1. The van der Waals surface area contributed by atoms with Gasteiger partial charge in [-0.05, 0) is 50.6 Å². The molecule has 33 heavy (non-hydrogen) atoms. The average Bonchev–Trinajstić information content (AvgIpc) is 3.31. The zero-order chi connectivity index (χ0) is 23.7. The Balaban J connectivity index is 1.52. The molecule has 2 amide bonds. The van der Waals surface area contributed by atoms with E-state index in [-0.39, 0.29) is 18.2 Å². The second-order valence-electron chi connectivity index (χ2n) is 7.92. The highest BCUT2D eigenvalue weighted by Crippen LogP contribution is 2.34. The number of ether oxygens (including phenoxy) is 1. The van der Waals surface area contributed by atoms with Gasteiger partial charge in [-0.25, -0.2) is 4.68 Å². The second-order valence-corrected chi connectivity index (χ2v) is 8.76. The molecular formula is C24H24Cl2N4O3. The molecule has 0 bridgehead atoms. The van der Waals surface area contributed by atoms with E-state index in [9.17, 15) is 9.59 Å². The minimum absolute atomic E-state index is 0.0776. The Morgan fingerprint density at radius 2 is 1.91 bits per heavy atom. The zero-order valence-corrected chi connectivity index (χ0v) is 20.1. The summed E-state index contributed by atoms with van der Waals surface area (Å²) in [7, 11) is 1.55. The third-order valence-corrected chi connectivity index (χ3v) is 6.28. The van der Waals surface area contributed by atoms with Crippen molar-refractivity contribution in [1.29, 1.82) is 0 Å². The van der Waals surface area contributed by atoms with Gasteiger partial charge in [0.15, 0.2) is 0 Å². The van der Waals surface area contributed by atoms with Gasteiger partial charge >= 0.3 is 0 Å². The van der Waals surface area contributed by atoms with Gasteiger partial charge in [-0.3, -0.25) is 9.59 Å². The Kier molecular flexibility index (Phi) is 6.63. The molecule has 1 N–H and O–H groups in total. The standard InChI is InChI=1S/C24H24Cl2N4O3/c1-14-18(15(2)30(28-14)20-8-6-16(25)11-19(20)26)13-23(31)27-17-7-9-21(22(12-17)33-3)29-10-4-5-24(29)32/h6-9,11-12H,4-5,10,13H2,1-3H3,(H,27,31). The number of amides is 2. The number of carbonyl (C=O) groups excluding carboxylic acids is 2. The molecular weight excluding hydrogens is 463 g/mol. The maximum absolute atomic E-state index is 12.8. The SMILES string of the molecule is COc1cc(NC(=O)Cc2c(C)nn(-c3ccc(Cl)cc3Cl)c2C)ccc1N1CCCC1=O. The quantitative estimate of drug-likeness (QED) is 0.524. The molecule has 1 aliphatic heterocycles. The summed E-state index contributed by atoms with van der Waals surface area (Å²) in [5.74, 6) is 0.435. The van der Waals surface area contributed by atoms with Crippen molar-refractivity contribution in [3.05, 3.63) is 63.4 Å². The normalized spacial score (nSPS) is 13.5. The monoisotopic (exact) mass is 486 g/mol. The largest absolute Gasteiger partial charge is 0.494 e. The first-order valence-electron chi connectivity index (χ1n) is 10.6.